The van der Waals surface area contributed by atoms with Crippen LogP contribution in [0, 0.1) is 0 Å². The van der Waals surface area contributed by atoms with E-state index in [1.807, 2.05) is 0 Å². The Balaban J connectivity index is 3.95. The van der Waals surface area contributed by atoms with Gasteiger partial charge in [0.25, 0.3) is 0 Å². The van der Waals surface area contributed by atoms with E-state index in [1.54, 1.807) is 62.9 Å². The lowest BCUT2D eigenvalue weighted by Gasteiger charge is -2.46. The molecule has 25 heavy (non-hydrogen) atoms. The van der Waals surface area contributed by atoms with Crippen molar-refractivity contribution < 1.29 is 30.9 Å². The molecule has 0 saturated carbocycles. The van der Waals surface area contributed by atoms with Gasteiger partial charge in [0.05, 0.1) is 8.07 Å². The van der Waals surface area contributed by atoms with Crippen LogP contribution in [-0.4, -0.2) is 51.7 Å². The first kappa shape index (κ1) is 23.5. The van der Waals surface area contributed by atoms with Gasteiger partial charge in [0, 0.05) is 0 Å². The first-order valence-electron chi connectivity index (χ1n) is 7.94. The summed E-state index contributed by atoms with van der Waals surface area (Å²) in [5.74, 6) is 0. The van der Waals surface area contributed by atoms with Gasteiger partial charge in [-0.25, -0.2) is 0 Å². The normalized spacial score (nSPS) is 25.3. The van der Waals surface area contributed by atoms with Crippen molar-refractivity contribution in [2.75, 3.05) is 0 Å². The van der Waals surface area contributed by atoms with E-state index in [4.69, 9.17) is 4.52 Å². The molecule has 2 nitrogen and oxygen atoms in total. The van der Waals surface area contributed by atoms with Gasteiger partial charge in [-0.3, -0.25) is 0 Å². The highest BCUT2D eigenvalue weighted by atomic mass is 31.2. The molecule has 0 aromatic rings. The van der Waals surface area contributed by atoms with Crippen molar-refractivity contribution >= 4 is 37.2 Å². The molecule has 1 aliphatic heterocycles. The minimum absolute atomic E-state index is 1.36. The zero-order chi connectivity index (χ0) is 20.5. The zero-order valence-corrected chi connectivity index (χ0v) is 20.0. The largest absolute Gasteiger partial charge is 0.434 e. The molecule has 1 saturated heterocycles. The summed E-state index contributed by atoms with van der Waals surface area (Å²) in [7, 11) is -11.5. The molecular weight excluding hydrogens is 415 g/mol. The summed E-state index contributed by atoms with van der Waals surface area (Å²) in [5.41, 5.74) is 1.36. The fraction of sp³-hybridized carbons (Fsp3) is 0.923. The maximum absolute atomic E-state index is 13.8. The molecule has 12 heteroatoms. The van der Waals surface area contributed by atoms with Gasteiger partial charge in [-0.2, -0.15) is 26.3 Å². The van der Waals surface area contributed by atoms with Gasteiger partial charge in [-0.1, -0.05) is 64.3 Å². The van der Waals surface area contributed by atoms with Crippen molar-refractivity contribution in [3.63, 3.8) is 0 Å². The predicted molar refractivity (Wildman–Crippen MR) is 101 cm³/mol. The number of halogens is 6. The average Bonchev–Trinajstić information content (AvgIpc) is 2.77. The number of hydrogen-bond acceptors (Lipinski definition) is 2. The topological polar surface area (TPSA) is 15.8 Å². The van der Waals surface area contributed by atoms with Crippen LogP contribution >= 0.6 is 7.26 Å². The number of alkyl halides is 6. The zero-order valence-electron chi connectivity index (χ0n) is 16.1. The maximum atomic E-state index is 13.8. The van der Waals surface area contributed by atoms with E-state index in [0.717, 1.165) is 0 Å². The molecule has 150 valence electrons. The molecule has 1 atom stereocenters. The molecular formula is C13H28F6NOPSi3. The highest BCUT2D eigenvalue weighted by molar-refractivity contribution is 7.82. The number of rotatable bonds is 4. The number of hydrogen-bond donors (Lipinski definition) is 0. The van der Waals surface area contributed by atoms with Crippen LogP contribution < -0.4 is 0 Å². The van der Waals surface area contributed by atoms with E-state index < -0.39 is 49.5 Å². The Bertz CT molecular complexity index is 555. The van der Waals surface area contributed by atoms with Gasteiger partial charge in [0.15, 0.2) is 0 Å². The van der Waals surface area contributed by atoms with Crippen LogP contribution in [0.2, 0.25) is 58.9 Å². The molecule has 0 aromatic heterocycles. The fourth-order valence-electron chi connectivity index (χ4n) is 3.59. The Morgan fingerprint density at radius 1 is 0.760 bits per heavy atom. The Kier molecular flexibility index (Phi) is 5.61. The highest BCUT2D eigenvalue weighted by Gasteiger charge is 2.92. The lowest BCUT2D eigenvalue weighted by atomic mass is 10.3. The van der Waals surface area contributed by atoms with Crippen molar-refractivity contribution in [3.8, 4) is 0 Å². The van der Waals surface area contributed by atoms with Crippen molar-refractivity contribution in [1.29, 1.82) is 0 Å². The van der Waals surface area contributed by atoms with Gasteiger partial charge in [-0.15, -0.1) is 0 Å². The third-order valence-corrected chi connectivity index (χ3v) is 22.5. The van der Waals surface area contributed by atoms with Gasteiger partial charge in [0.2, 0.25) is 0 Å². The van der Waals surface area contributed by atoms with E-state index in [0.29, 0.717) is 0 Å². The molecule has 0 amide bonds. The summed E-state index contributed by atoms with van der Waals surface area (Å²) in [4.78, 5) is 0. The van der Waals surface area contributed by atoms with Gasteiger partial charge < -0.3 is 8.53 Å². The predicted octanol–water partition coefficient (Wildman–Crippen LogP) is 6.34. The Labute approximate surface area is 149 Å². The van der Waals surface area contributed by atoms with Crippen LogP contribution in [0.3, 0.4) is 0 Å². The summed E-state index contributed by atoms with van der Waals surface area (Å²) < 4.78 is 89.2. The Hall–Kier alpha value is 0.451. The van der Waals surface area contributed by atoms with Crippen molar-refractivity contribution in [2.45, 2.75) is 76.6 Å². The third kappa shape index (κ3) is 4.01. The smallest absolute Gasteiger partial charge is 0.314 e. The SMILES string of the molecule is C[Si](C)(C)C=P1(N([Si](C)(C)C)[Si](C)(C)C)OC1(C(F)(F)F)C(F)(F)F. The van der Waals surface area contributed by atoms with Crippen LogP contribution in [-0.2, 0) is 4.52 Å². The minimum Gasteiger partial charge on any atom is -0.314 e. The molecule has 0 spiro atoms. The third-order valence-electron chi connectivity index (χ3n) is 3.59. The summed E-state index contributed by atoms with van der Waals surface area (Å²) in [6, 6.07) is 0. The second kappa shape index (κ2) is 5.97. The lowest BCUT2D eigenvalue weighted by Crippen LogP contribution is -2.58. The quantitative estimate of drug-likeness (QED) is 0.218. The first-order valence-corrected chi connectivity index (χ1v) is 20.1. The van der Waals surface area contributed by atoms with Gasteiger partial charge in [0.1, 0.15) is 23.7 Å². The van der Waals surface area contributed by atoms with Crippen LogP contribution in [0.5, 0.6) is 0 Å². The average molecular weight is 444 g/mol. The first-order chi connectivity index (χ1) is 10.5. The van der Waals surface area contributed by atoms with Crippen LogP contribution in [0.15, 0.2) is 0 Å². The molecule has 0 aromatic carbocycles. The van der Waals surface area contributed by atoms with Gasteiger partial charge >= 0.3 is 17.7 Å². The summed E-state index contributed by atoms with van der Waals surface area (Å²) in [6.07, 6.45) is -11.0. The summed E-state index contributed by atoms with van der Waals surface area (Å²) in [5, 5.41) is -4.03. The van der Waals surface area contributed by atoms with Gasteiger partial charge in [-0.05, 0) is 0 Å². The Morgan fingerprint density at radius 3 is 1.24 bits per heavy atom. The van der Waals surface area contributed by atoms with E-state index in [2.05, 4.69) is 0 Å². The molecule has 0 radical (unpaired) electrons. The van der Waals surface area contributed by atoms with Crippen LogP contribution in [0.4, 0.5) is 26.3 Å². The molecule has 1 rings (SSSR count). The van der Waals surface area contributed by atoms with Crippen molar-refractivity contribution in [2.24, 2.45) is 0 Å². The van der Waals surface area contributed by atoms with Crippen molar-refractivity contribution in [1.82, 2.24) is 4.00 Å². The fourth-order valence-corrected chi connectivity index (χ4v) is 28.4. The van der Waals surface area contributed by atoms with E-state index >= 15 is 0 Å². The summed E-state index contributed by atoms with van der Waals surface area (Å²) >= 11 is 0. The standard InChI is InChI=1S/C13H28F6NOPSi3/c1-23(2,3)10-22(20(24(4,5)6)25(7,8)9)11(21-22,12(14,15)16)13(17,18)19/h10H,1-9H3. The minimum atomic E-state index is -5.49. The summed E-state index contributed by atoms with van der Waals surface area (Å²) in [6.45, 7) is 16.0. The monoisotopic (exact) mass is 443 g/mol. The molecule has 0 N–H and O–H groups in total. The number of nitrogens with zero attached hydrogens (tertiary/aromatic N) is 1. The molecule has 0 aliphatic carbocycles. The van der Waals surface area contributed by atoms with E-state index in [-0.39, 0.29) is 0 Å². The maximum Gasteiger partial charge on any atom is 0.434 e. The molecule has 0 bridgehead atoms. The van der Waals surface area contributed by atoms with E-state index in [1.165, 1.54) is 5.42 Å². The molecule has 1 fully saturated rings. The highest BCUT2D eigenvalue weighted by Crippen LogP contribution is 2.90. The molecule has 1 heterocycles. The van der Waals surface area contributed by atoms with E-state index in [9.17, 15) is 26.3 Å². The van der Waals surface area contributed by atoms with Crippen LogP contribution in [0.25, 0.3) is 0 Å². The van der Waals surface area contributed by atoms with Crippen LogP contribution in [0.1, 0.15) is 0 Å². The Morgan fingerprint density at radius 2 is 1.08 bits per heavy atom. The lowest BCUT2D eigenvalue weighted by molar-refractivity contribution is -0.288. The second-order valence-corrected chi connectivity index (χ2v) is 28.5. The van der Waals surface area contributed by atoms with Crippen molar-refractivity contribution in [3.05, 3.63) is 0 Å². The molecule has 1 aliphatic rings. The second-order valence-electron chi connectivity index (χ2n) is 9.50. The molecule has 1 unspecified atom stereocenters.